The van der Waals surface area contributed by atoms with Gasteiger partial charge in [-0.25, -0.2) is 4.98 Å². The minimum absolute atomic E-state index is 0.316. The average molecular weight is 479 g/mol. The predicted molar refractivity (Wildman–Crippen MR) is 131 cm³/mol. The molecule has 34 heavy (non-hydrogen) atoms. The number of anilines is 1. The van der Waals surface area contributed by atoms with Crippen molar-refractivity contribution in [2.24, 2.45) is 0 Å². The maximum atomic E-state index is 13.5. The van der Waals surface area contributed by atoms with Crippen molar-refractivity contribution in [3.63, 3.8) is 0 Å². The van der Waals surface area contributed by atoms with E-state index >= 15 is 0 Å². The molecular weight excluding hydrogens is 452 g/mol. The maximum absolute atomic E-state index is 13.5. The van der Waals surface area contributed by atoms with E-state index in [9.17, 15) is 14.4 Å². The average Bonchev–Trinajstić information content (AvgIpc) is 3.35. The van der Waals surface area contributed by atoms with Crippen molar-refractivity contribution in [1.29, 1.82) is 0 Å². The van der Waals surface area contributed by atoms with Crippen molar-refractivity contribution in [2.75, 3.05) is 50.8 Å². The van der Waals surface area contributed by atoms with Gasteiger partial charge < -0.3 is 4.74 Å². The lowest BCUT2D eigenvalue weighted by atomic mass is 10.1. The Labute approximate surface area is 201 Å². The Morgan fingerprint density at radius 2 is 1.76 bits per heavy atom. The summed E-state index contributed by atoms with van der Waals surface area (Å²) < 4.78 is 6.44. The lowest BCUT2D eigenvalue weighted by molar-refractivity contribution is -0.119. The van der Waals surface area contributed by atoms with Crippen molar-refractivity contribution < 1.29 is 19.1 Å². The first-order chi connectivity index (χ1) is 16.4. The van der Waals surface area contributed by atoms with Crippen LogP contribution in [0.15, 0.2) is 36.4 Å². The summed E-state index contributed by atoms with van der Waals surface area (Å²) in [6.45, 7) is 7.75. The summed E-state index contributed by atoms with van der Waals surface area (Å²) in [7, 11) is 0. The molecule has 1 fully saturated rings. The van der Waals surface area contributed by atoms with Gasteiger partial charge in [0.05, 0.1) is 34.6 Å². The predicted octanol–water partition coefficient (Wildman–Crippen LogP) is 2.87. The van der Waals surface area contributed by atoms with Crippen LogP contribution >= 0.6 is 11.3 Å². The first-order valence-electron chi connectivity index (χ1n) is 11.4. The van der Waals surface area contributed by atoms with Crippen molar-refractivity contribution in [3.8, 4) is 0 Å². The van der Waals surface area contributed by atoms with Crippen LogP contribution in [0.3, 0.4) is 0 Å². The number of carbonyl (C=O) groups is 3. The van der Waals surface area contributed by atoms with E-state index in [1.54, 1.807) is 29.2 Å². The van der Waals surface area contributed by atoms with Crippen molar-refractivity contribution in [3.05, 3.63) is 58.7 Å². The van der Waals surface area contributed by atoms with Gasteiger partial charge in [0, 0.05) is 26.2 Å². The number of aryl methyl sites for hydroxylation is 2. The van der Waals surface area contributed by atoms with Crippen molar-refractivity contribution in [2.45, 2.75) is 13.8 Å². The summed E-state index contributed by atoms with van der Waals surface area (Å²) in [6, 6.07) is 10.8. The van der Waals surface area contributed by atoms with E-state index in [1.807, 2.05) is 13.8 Å². The Kier molecular flexibility index (Phi) is 6.16. The molecule has 1 aromatic heterocycles. The molecule has 176 valence electrons. The lowest BCUT2D eigenvalue weighted by Gasteiger charge is -2.29. The third-order valence-corrected chi connectivity index (χ3v) is 7.29. The van der Waals surface area contributed by atoms with E-state index in [-0.39, 0.29) is 12.5 Å². The van der Waals surface area contributed by atoms with Gasteiger partial charge in [0.2, 0.25) is 5.91 Å². The van der Waals surface area contributed by atoms with Gasteiger partial charge in [0.15, 0.2) is 5.13 Å². The van der Waals surface area contributed by atoms with Gasteiger partial charge in [-0.15, -0.1) is 0 Å². The molecule has 0 N–H and O–H groups in total. The molecule has 9 heteroatoms. The van der Waals surface area contributed by atoms with Crippen LogP contribution in [0.2, 0.25) is 0 Å². The van der Waals surface area contributed by atoms with Gasteiger partial charge in [-0.3, -0.25) is 29.1 Å². The first kappa shape index (κ1) is 22.6. The van der Waals surface area contributed by atoms with E-state index < -0.39 is 11.8 Å². The third kappa shape index (κ3) is 4.22. The molecule has 2 aromatic carbocycles. The van der Waals surface area contributed by atoms with Gasteiger partial charge in [-0.2, -0.15) is 0 Å². The summed E-state index contributed by atoms with van der Waals surface area (Å²) >= 11 is 1.46. The van der Waals surface area contributed by atoms with Gasteiger partial charge in [-0.05, 0) is 43.2 Å². The second-order valence-corrected chi connectivity index (χ2v) is 9.68. The van der Waals surface area contributed by atoms with E-state index in [2.05, 4.69) is 17.0 Å². The number of fused-ring (bicyclic) bond motifs is 2. The van der Waals surface area contributed by atoms with Crippen LogP contribution in [0.25, 0.3) is 10.2 Å². The molecule has 0 aliphatic carbocycles. The quantitative estimate of drug-likeness (QED) is 0.507. The first-order valence-corrected chi connectivity index (χ1v) is 12.2. The second-order valence-electron chi connectivity index (χ2n) is 8.67. The number of amides is 3. The van der Waals surface area contributed by atoms with Crippen LogP contribution in [0, 0.1) is 13.8 Å². The number of carbonyl (C=O) groups excluding carboxylic acids is 3. The largest absolute Gasteiger partial charge is 0.379 e. The molecule has 3 heterocycles. The fraction of sp³-hybridized carbons (Fsp3) is 0.360. The fourth-order valence-corrected chi connectivity index (χ4v) is 5.66. The van der Waals surface area contributed by atoms with E-state index in [1.165, 1.54) is 11.3 Å². The Morgan fingerprint density at radius 1 is 1.09 bits per heavy atom. The molecule has 2 aliphatic rings. The molecule has 0 spiro atoms. The van der Waals surface area contributed by atoms with E-state index in [0.29, 0.717) is 42.6 Å². The zero-order chi connectivity index (χ0) is 23.8. The smallest absolute Gasteiger partial charge is 0.262 e. The molecular formula is C25H26N4O4S. The van der Waals surface area contributed by atoms with Crippen LogP contribution < -0.4 is 4.90 Å². The van der Waals surface area contributed by atoms with E-state index in [4.69, 9.17) is 9.72 Å². The highest BCUT2D eigenvalue weighted by Crippen LogP contribution is 2.32. The fourth-order valence-electron chi connectivity index (χ4n) is 4.47. The summed E-state index contributed by atoms with van der Waals surface area (Å²) in [5.41, 5.74) is 3.74. The molecule has 0 atom stereocenters. The number of imide groups is 1. The summed E-state index contributed by atoms with van der Waals surface area (Å²) in [5.74, 6) is -1.19. The molecule has 2 aliphatic heterocycles. The SMILES string of the molecule is Cc1cc(C)c2nc(N(CCN3CCOCC3)C(=O)CN3C(=O)c4ccccc4C3=O)sc2c1. The lowest BCUT2D eigenvalue weighted by Crippen LogP contribution is -2.47. The number of thiazole rings is 1. The molecule has 0 radical (unpaired) electrons. The highest BCUT2D eigenvalue weighted by atomic mass is 32.1. The highest BCUT2D eigenvalue weighted by Gasteiger charge is 2.37. The number of hydrogen-bond donors (Lipinski definition) is 0. The van der Waals surface area contributed by atoms with Gasteiger partial charge in [-0.1, -0.05) is 29.5 Å². The monoisotopic (exact) mass is 478 g/mol. The molecule has 1 saturated heterocycles. The minimum atomic E-state index is -0.433. The molecule has 0 bridgehead atoms. The number of benzene rings is 2. The molecule has 5 rings (SSSR count). The van der Waals surface area contributed by atoms with Gasteiger partial charge >= 0.3 is 0 Å². The summed E-state index contributed by atoms with van der Waals surface area (Å²) in [6.07, 6.45) is 0. The topological polar surface area (TPSA) is 83.1 Å². The molecule has 3 amide bonds. The Hall–Kier alpha value is -3.14. The van der Waals surface area contributed by atoms with E-state index in [0.717, 1.165) is 39.3 Å². The zero-order valence-corrected chi connectivity index (χ0v) is 20.1. The number of rotatable bonds is 6. The molecule has 8 nitrogen and oxygen atoms in total. The van der Waals surface area contributed by atoms with Gasteiger partial charge in [0.1, 0.15) is 6.54 Å². The standard InChI is InChI=1S/C25H26N4O4S/c1-16-13-17(2)22-20(14-16)34-25(26-22)28(8-7-27-9-11-33-12-10-27)21(30)15-29-23(31)18-5-3-4-6-19(18)24(29)32/h3-6,13-14H,7-12,15H2,1-2H3. The summed E-state index contributed by atoms with van der Waals surface area (Å²) in [5, 5.41) is 0.582. The molecule has 3 aromatic rings. The zero-order valence-electron chi connectivity index (χ0n) is 19.2. The van der Waals surface area contributed by atoms with Crippen LogP contribution in [0.1, 0.15) is 31.8 Å². The number of nitrogens with zero attached hydrogens (tertiary/aromatic N) is 4. The van der Waals surface area contributed by atoms with Crippen LogP contribution in [0.5, 0.6) is 0 Å². The van der Waals surface area contributed by atoms with Crippen LogP contribution in [-0.4, -0.2) is 78.4 Å². The van der Waals surface area contributed by atoms with Crippen LogP contribution in [0.4, 0.5) is 5.13 Å². The third-order valence-electron chi connectivity index (χ3n) is 6.27. The molecule has 0 unspecified atom stereocenters. The van der Waals surface area contributed by atoms with Crippen LogP contribution in [-0.2, 0) is 9.53 Å². The highest BCUT2D eigenvalue weighted by molar-refractivity contribution is 7.22. The Bertz CT molecular complexity index is 1250. The minimum Gasteiger partial charge on any atom is -0.379 e. The maximum Gasteiger partial charge on any atom is 0.262 e. The van der Waals surface area contributed by atoms with Gasteiger partial charge in [0.25, 0.3) is 11.8 Å². The number of ether oxygens (including phenoxy) is 1. The Morgan fingerprint density at radius 3 is 2.44 bits per heavy atom. The number of morpholine rings is 1. The van der Waals surface area contributed by atoms with Crippen molar-refractivity contribution in [1.82, 2.24) is 14.8 Å². The molecule has 0 saturated carbocycles. The van der Waals surface area contributed by atoms with Crippen molar-refractivity contribution >= 4 is 44.4 Å². The second kappa shape index (κ2) is 9.25. The Balaban J connectivity index is 1.42. The number of aromatic nitrogens is 1. The number of hydrogen-bond acceptors (Lipinski definition) is 7. The summed E-state index contributed by atoms with van der Waals surface area (Å²) in [4.78, 5) is 48.9. The normalized spacial score (nSPS) is 16.4.